The predicted molar refractivity (Wildman–Crippen MR) is 76.9 cm³/mol. The fourth-order valence-electron chi connectivity index (χ4n) is 2.07. The Kier molecular flexibility index (Phi) is 19.8. The van der Waals surface area contributed by atoms with Gasteiger partial charge in [0.25, 0.3) is 0 Å². The van der Waals surface area contributed by atoms with E-state index < -0.39 is 0 Å². The van der Waals surface area contributed by atoms with Crippen LogP contribution in [0.2, 0.25) is 0 Å². The van der Waals surface area contributed by atoms with Crippen LogP contribution in [0.15, 0.2) is 12.7 Å². The molecule has 1 atom stereocenters. The SMILES string of the molecule is C=CC(C)CCCCCCCCCCCC.[H-].[Na+]. The van der Waals surface area contributed by atoms with Crippen molar-refractivity contribution in [3.05, 3.63) is 12.7 Å². The third kappa shape index (κ3) is 16.7. The maximum atomic E-state index is 3.82. The van der Waals surface area contributed by atoms with Crippen molar-refractivity contribution in [3.63, 3.8) is 0 Å². The van der Waals surface area contributed by atoms with Crippen molar-refractivity contribution in [2.45, 2.75) is 84.5 Å². The minimum atomic E-state index is 0. The van der Waals surface area contributed by atoms with Gasteiger partial charge in [0.1, 0.15) is 0 Å². The molecule has 0 saturated heterocycles. The van der Waals surface area contributed by atoms with Gasteiger partial charge in [0.2, 0.25) is 0 Å². The summed E-state index contributed by atoms with van der Waals surface area (Å²) in [5, 5.41) is 0. The fraction of sp³-hybridized carbons (Fsp3) is 0.875. The molecule has 0 bridgehead atoms. The molecule has 0 aromatic heterocycles. The van der Waals surface area contributed by atoms with Gasteiger partial charge in [-0.25, -0.2) is 0 Å². The maximum absolute atomic E-state index is 3.82. The van der Waals surface area contributed by atoms with Crippen molar-refractivity contribution in [1.29, 1.82) is 0 Å². The molecule has 0 nitrogen and oxygen atoms in total. The molecular weight excluding hydrogens is 215 g/mol. The minimum Gasteiger partial charge on any atom is -1.00 e. The van der Waals surface area contributed by atoms with Gasteiger partial charge in [0.05, 0.1) is 0 Å². The standard InChI is InChI=1S/C16H32.Na.H/c1-4-6-7-8-9-10-11-12-13-14-15-16(3)5-2;;/h5,16H,2,4,6-15H2,1,3H3;;/q;+1;-1. The third-order valence-corrected chi connectivity index (χ3v) is 3.42. The zero-order valence-corrected chi connectivity index (χ0v) is 14.6. The van der Waals surface area contributed by atoms with E-state index in [0.29, 0.717) is 5.92 Å². The van der Waals surface area contributed by atoms with Crippen molar-refractivity contribution in [2.24, 2.45) is 5.92 Å². The van der Waals surface area contributed by atoms with Crippen LogP contribution in [0.3, 0.4) is 0 Å². The molecule has 0 fully saturated rings. The van der Waals surface area contributed by atoms with E-state index in [-0.39, 0.29) is 31.0 Å². The number of allylic oxidation sites excluding steroid dienone is 1. The van der Waals surface area contributed by atoms with Gasteiger partial charge in [0.15, 0.2) is 0 Å². The molecule has 0 radical (unpaired) electrons. The molecular formula is C16H33Na. The predicted octanol–water partition coefficient (Wildman–Crippen LogP) is 3.24. The monoisotopic (exact) mass is 248 g/mol. The van der Waals surface area contributed by atoms with E-state index in [1.165, 1.54) is 70.6 Å². The van der Waals surface area contributed by atoms with Crippen LogP contribution < -0.4 is 29.6 Å². The largest absolute Gasteiger partial charge is 1.00 e. The molecule has 0 amide bonds. The van der Waals surface area contributed by atoms with Gasteiger partial charge in [-0.3, -0.25) is 0 Å². The molecule has 0 aromatic rings. The normalized spacial score (nSPS) is 11.9. The molecule has 0 aliphatic heterocycles. The summed E-state index contributed by atoms with van der Waals surface area (Å²) in [4.78, 5) is 0. The average molecular weight is 248 g/mol. The molecule has 1 unspecified atom stereocenters. The Bertz CT molecular complexity index is 148. The summed E-state index contributed by atoms with van der Waals surface area (Å²) in [6, 6.07) is 0. The molecule has 98 valence electrons. The van der Waals surface area contributed by atoms with E-state index in [1.54, 1.807) is 0 Å². The molecule has 0 spiro atoms. The Balaban J connectivity index is -0.00000112. The summed E-state index contributed by atoms with van der Waals surface area (Å²) in [6.07, 6.45) is 17.7. The van der Waals surface area contributed by atoms with Crippen LogP contribution in [0.5, 0.6) is 0 Å². The molecule has 0 aliphatic carbocycles. The molecule has 0 aliphatic rings. The van der Waals surface area contributed by atoms with E-state index in [4.69, 9.17) is 0 Å². The first-order valence-electron chi connectivity index (χ1n) is 7.43. The second kappa shape index (κ2) is 16.7. The Morgan fingerprint density at radius 2 is 1.29 bits per heavy atom. The summed E-state index contributed by atoms with van der Waals surface area (Å²) < 4.78 is 0. The van der Waals surface area contributed by atoms with E-state index in [2.05, 4.69) is 26.5 Å². The summed E-state index contributed by atoms with van der Waals surface area (Å²) in [5.41, 5.74) is 0. The third-order valence-electron chi connectivity index (χ3n) is 3.42. The Hall–Kier alpha value is 0.740. The molecule has 0 N–H and O–H groups in total. The molecule has 0 aromatic carbocycles. The van der Waals surface area contributed by atoms with Crippen LogP contribution in [-0.4, -0.2) is 0 Å². The second-order valence-electron chi connectivity index (χ2n) is 5.18. The molecule has 1 heteroatoms. The summed E-state index contributed by atoms with van der Waals surface area (Å²) >= 11 is 0. The number of rotatable bonds is 12. The second-order valence-corrected chi connectivity index (χ2v) is 5.18. The first-order valence-corrected chi connectivity index (χ1v) is 7.43. The van der Waals surface area contributed by atoms with Crippen molar-refractivity contribution in [2.75, 3.05) is 0 Å². The maximum Gasteiger partial charge on any atom is 1.00 e. The molecule has 0 heterocycles. The average Bonchev–Trinajstić information content (AvgIpc) is 2.31. The van der Waals surface area contributed by atoms with Gasteiger partial charge >= 0.3 is 29.6 Å². The van der Waals surface area contributed by atoms with E-state index in [9.17, 15) is 0 Å². The quantitative estimate of drug-likeness (QED) is 0.282. The van der Waals surface area contributed by atoms with Crippen molar-refractivity contribution >= 4 is 0 Å². The van der Waals surface area contributed by atoms with Gasteiger partial charge in [-0.1, -0.05) is 84.1 Å². The van der Waals surface area contributed by atoms with Gasteiger partial charge in [0, 0.05) is 0 Å². The molecule has 0 rings (SSSR count). The first-order chi connectivity index (χ1) is 7.81. The van der Waals surface area contributed by atoms with Crippen molar-refractivity contribution < 1.29 is 31.0 Å². The number of hydrogen-bond acceptors (Lipinski definition) is 0. The van der Waals surface area contributed by atoms with Crippen LogP contribution in [0.25, 0.3) is 0 Å². The van der Waals surface area contributed by atoms with Crippen LogP contribution in [0.4, 0.5) is 0 Å². The van der Waals surface area contributed by atoms with Crippen LogP contribution in [0.1, 0.15) is 85.9 Å². The van der Waals surface area contributed by atoms with Crippen LogP contribution in [0, 0.1) is 5.92 Å². The first kappa shape index (κ1) is 20.1. The zero-order chi connectivity index (χ0) is 12.1. The molecule has 0 saturated carbocycles. The van der Waals surface area contributed by atoms with Crippen LogP contribution >= 0.6 is 0 Å². The van der Waals surface area contributed by atoms with Gasteiger partial charge < -0.3 is 1.43 Å². The Morgan fingerprint density at radius 1 is 0.882 bits per heavy atom. The smallest absolute Gasteiger partial charge is 1.00 e. The summed E-state index contributed by atoms with van der Waals surface area (Å²) in [6.45, 7) is 8.37. The Labute approximate surface area is 133 Å². The van der Waals surface area contributed by atoms with Gasteiger partial charge in [-0.15, -0.1) is 6.58 Å². The van der Waals surface area contributed by atoms with Gasteiger partial charge in [-0.05, 0) is 12.3 Å². The van der Waals surface area contributed by atoms with E-state index in [0.717, 1.165) is 0 Å². The zero-order valence-electron chi connectivity index (χ0n) is 13.6. The van der Waals surface area contributed by atoms with Crippen LogP contribution in [-0.2, 0) is 0 Å². The minimum absolute atomic E-state index is 0. The fourth-order valence-corrected chi connectivity index (χ4v) is 2.07. The van der Waals surface area contributed by atoms with E-state index >= 15 is 0 Å². The number of unbranched alkanes of at least 4 members (excludes halogenated alkanes) is 9. The summed E-state index contributed by atoms with van der Waals surface area (Å²) in [7, 11) is 0. The topological polar surface area (TPSA) is 0 Å². The van der Waals surface area contributed by atoms with Crippen molar-refractivity contribution in [1.82, 2.24) is 0 Å². The van der Waals surface area contributed by atoms with Gasteiger partial charge in [-0.2, -0.15) is 0 Å². The van der Waals surface area contributed by atoms with E-state index in [1.807, 2.05) is 0 Å². The number of hydrogen-bond donors (Lipinski definition) is 0. The Morgan fingerprint density at radius 3 is 1.71 bits per heavy atom. The summed E-state index contributed by atoms with van der Waals surface area (Å²) in [5.74, 6) is 0.717. The van der Waals surface area contributed by atoms with Crippen molar-refractivity contribution in [3.8, 4) is 0 Å². The molecule has 17 heavy (non-hydrogen) atoms.